The Kier molecular flexibility index (Phi) is 5.57. The zero-order valence-electron chi connectivity index (χ0n) is 26.2. The fourth-order valence-corrected chi connectivity index (χ4v) is 9.04. The van der Waals surface area contributed by atoms with Crippen LogP contribution in [0.1, 0.15) is 25.0 Å². The summed E-state index contributed by atoms with van der Waals surface area (Å²) in [5, 5.41) is 10.4. The highest BCUT2D eigenvalue weighted by molar-refractivity contribution is 7.26. The first-order valence-electron chi connectivity index (χ1n) is 16.3. The predicted molar refractivity (Wildman–Crippen MR) is 201 cm³/mol. The van der Waals surface area contributed by atoms with Crippen molar-refractivity contribution in [3.05, 3.63) is 157 Å². The predicted octanol–water partition coefficient (Wildman–Crippen LogP) is 13.3. The molecule has 0 atom stereocenters. The van der Waals surface area contributed by atoms with Crippen LogP contribution in [0, 0.1) is 0 Å². The molecule has 1 aromatic heterocycles. The van der Waals surface area contributed by atoms with Gasteiger partial charge in [-0.2, -0.15) is 0 Å². The highest BCUT2D eigenvalue weighted by Gasteiger charge is 2.36. The largest absolute Gasteiger partial charge is 0.455 e. The van der Waals surface area contributed by atoms with Crippen LogP contribution in [0.2, 0.25) is 0 Å². The maximum absolute atomic E-state index is 6.83. The van der Waals surface area contributed by atoms with Crippen molar-refractivity contribution >= 4 is 63.8 Å². The number of hydrogen-bond donors (Lipinski definition) is 0. The summed E-state index contributed by atoms with van der Waals surface area (Å²) in [4.78, 5) is 0. The van der Waals surface area contributed by atoms with Crippen LogP contribution >= 0.6 is 11.3 Å². The first kappa shape index (κ1) is 26.7. The summed E-state index contributed by atoms with van der Waals surface area (Å²) in [6.45, 7) is 4.63. The van der Waals surface area contributed by atoms with Crippen LogP contribution in [0.4, 0.5) is 0 Å². The number of hydrogen-bond acceptors (Lipinski definition) is 2. The fourth-order valence-electron chi connectivity index (χ4n) is 7.86. The maximum atomic E-state index is 6.83. The molecule has 0 bridgehead atoms. The molecule has 0 N–H and O–H groups in total. The molecule has 10 rings (SSSR count). The molecule has 0 fully saturated rings. The second-order valence-electron chi connectivity index (χ2n) is 13.3. The Labute approximate surface area is 277 Å². The van der Waals surface area contributed by atoms with Gasteiger partial charge in [0.1, 0.15) is 11.5 Å². The summed E-state index contributed by atoms with van der Waals surface area (Å²) in [7, 11) is 0. The molecule has 2 heteroatoms. The SMILES string of the molecule is CC1(C)c2ccc(-c3ccc(-c4ccc5c6ccccc6c6ccccc6c5c4)cc3)cc2Oc2c1ccc1c2sc2ccccc21. The van der Waals surface area contributed by atoms with Gasteiger partial charge in [0.2, 0.25) is 0 Å². The van der Waals surface area contributed by atoms with Crippen molar-refractivity contribution in [1.29, 1.82) is 0 Å². The Bertz CT molecular complexity index is 2690. The van der Waals surface area contributed by atoms with E-state index >= 15 is 0 Å². The third-order valence-corrected chi connectivity index (χ3v) is 11.5. The third-order valence-electron chi connectivity index (χ3n) is 10.3. The van der Waals surface area contributed by atoms with E-state index in [2.05, 4.69) is 159 Å². The Balaban J connectivity index is 1.04. The average Bonchev–Trinajstić information content (AvgIpc) is 3.51. The molecule has 47 heavy (non-hydrogen) atoms. The van der Waals surface area contributed by atoms with Crippen LogP contribution in [0.25, 0.3) is 74.7 Å². The molecule has 2 heterocycles. The van der Waals surface area contributed by atoms with E-state index < -0.39 is 0 Å². The summed E-state index contributed by atoms with van der Waals surface area (Å²) in [6, 6.07) is 53.4. The van der Waals surface area contributed by atoms with Crippen molar-refractivity contribution in [3.63, 3.8) is 0 Å². The Morgan fingerprint density at radius 2 is 0.915 bits per heavy atom. The van der Waals surface area contributed by atoms with Crippen LogP contribution in [0.5, 0.6) is 11.5 Å². The van der Waals surface area contributed by atoms with Crippen LogP contribution < -0.4 is 4.74 Å². The summed E-state index contributed by atoms with van der Waals surface area (Å²) in [6.07, 6.45) is 0. The van der Waals surface area contributed by atoms with Gasteiger partial charge in [-0.25, -0.2) is 0 Å². The number of thiophene rings is 1. The van der Waals surface area contributed by atoms with E-state index in [9.17, 15) is 0 Å². The number of rotatable bonds is 2. The van der Waals surface area contributed by atoms with E-state index in [1.54, 1.807) is 0 Å². The molecule has 0 radical (unpaired) electrons. The monoisotopic (exact) mass is 618 g/mol. The van der Waals surface area contributed by atoms with Gasteiger partial charge in [0, 0.05) is 32.0 Å². The van der Waals surface area contributed by atoms with Crippen molar-refractivity contribution in [2.24, 2.45) is 0 Å². The Morgan fingerprint density at radius 1 is 0.426 bits per heavy atom. The first-order chi connectivity index (χ1) is 23.0. The van der Waals surface area contributed by atoms with Gasteiger partial charge in [-0.15, -0.1) is 11.3 Å². The van der Waals surface area contributed by atoms with Gasteiger partial charge >= 0.3 is 0 Å². The molecule has 8 aromatic carbocycles. The standard InChI is InChI=1S/C45H30OS/c1-45(2)39-23-20-30(26-41(39)46-43-40(45)24-22-37-36-13-7-8-14-42(36)47-44(37)43)28-17-15-27(16-18-28)29-19-21-35-33-11-4-3-9-31(33)32-10-5-6-12-34(32)38(35)25-29/h3-26H,1-2H3. The van der Waals surface area contributed by atoms with Gasteiger partial charge in [0.25, 0.3) is 0 Å². The van der Waals surface area contributed by atoms with Crippen molar-refractivity contribution in [2.75, 3.05) is 0 Å². The zero-order valence-corrected chi connectivity index (χ0v) is 27.0. The minimum absolute atomic E-state index is 0.165. The van der Waals surface area contributed by atoms with E-state index in [4.69, 9.17) is 4.74 Å². The maximum Gasteiger partial charge on any atom is 0.149 e. The molecule has 1 nitrogen and oxygen atoms in total. The van der Waals surface area contributed by atoms with E-state index in [-0.39, 0.29) is 5.41 Å². The highest BCUT2D eigenvalue weighted by atomic mass is 32.1. The van der Waals surface area contributed by atoms with Gasteiger partial charge < -0.3 is 4.74 Å². The van der Waals surface area contributed by atoms with Crippen LogP contribution in [-0.4, -0.2) is 0 Å². The van der Waals surface area contributed by atoms with Gasteiger partial charge in [0.05, 0.1) is 4.70 Å². The number of fused-ring (bicyclic) bond motifs is 12. The summed E-state index contributed by atoms with van der Waals surface area (Å²) in [5.41, 5.74) is 7.09. The minimum atomic E-state index is -0.165. The molecule has 0 saturated heterocycles. The second kappa shape index (κ2) is 9.78. The first-order valence-corrected chi connectivity index (χ1v) is 17.1. The van der Waals surface area contributed by atoms with Gasteiger partial charge in [-0.3, -0.25) is 0 Å². The lowest BCUT2D eigenvalue weighted by Gasteiger charge is -2.35. The highest BCUT2D eigenvalue weighted by Crippen LogP contribution is 2.53. The lowest BCUT2D eigenvalue weighted by molar-refractivity contribution is 0.424. The Morgan fingerprint density at radius 3 is 1.60 bits per heavy atom. The summed E-state index contributed by atoms with van der Waals surface area (Å²) >= 11 is 1.83. The van der Waals surface area contributed by atoms with Gasteiger partial charge in [0.15, 0.2) is 0 Å². The molecule has 0 saturated carbocycles. The topological polar surface area (TPSA) is 9.23 Å². The normalized spacial score (nSPS) is 13.7. The minimum Gasteiger partial charge on any atom is -0.455 e. The van der Waals surface area contributed by atoms with Crippen LogP contribution in [0.3, 0.4) is 0 Å². The van der Waals surface area contributed by atoms with Crippen molar-refractivity contribution in [3.8, 4) is 33.8 Å². The van der Waals surface area contributed by atoms with Crippen molar-refractivity contribution in [1.82, 2.24) is 0 Å². The number of ether oxygens (including phenoxy) is 1. The van der Waals surface area contributed by atoms with E-state index in [1.807, 2.05) is 11.3 Å². The average molecular weight is 619 g/mol. The quantitative estimate of drug-likeness (QED) is 0.175. The molecule has 0 amide bonds. The lowest BCUT2D eigenvalue weighted by atomic mass is 9.75. The molecule has 9 aromatic rings. The summed E-state index contributed by atoms with van der Waals surface area (Å²) < 4.78 is 9.35. The fraction of sp³-hybridized carbons (Fsp3) is 0.0667. The van der Waals surface area contributed by atoms with Crippen LogP contribution in [-0.2, 0) is 5.41 Å². The van der Waals surface area contributed by atoms with Crippen LogP contribution in [0.15, 0.2) is 146 Å². The third kappa shape index (κ3) is 3.89. The molecule has 1 aliphatic rings. The van der Waals surface area contributed by atoms with E-state index in [0.29, 0.717) is 0 Å². The molecule has 0 unspecified atom stereocenters. The Hall–Kier alpha value is -5.44. The molecular formula is C45H30OS. The molecule has 0 spiro atoms. The molecule has 222 valence electrons. The second-order valence-corrected chi connectivity index (χ2v) is 14.3. The molecule has 0 aliphatic carbocycles. The van der Waals surface area contributed by atoms with E-state index in [1.165, 1.54) is 80.3 Å². The number of benzene rings is 8. The van der Waals surface area contributed by atoms with Crippen molar-refractivity contribution < 1.29 is 4.74 Å². The zero-order chi connectivity index (χ0) is 31.3. The van der Waals surface area contributed by atoms with Crippen molar-refractivity contribution in [2.45, 2.75) is 19.3 Å². The van der Waals surface area contributed by atoms with Gasteiger partial charge in [-0.1, -0.05) is 141 Å². The lowest BCUT2D eigenvalue weighted by Crippen LogP contribution is -2.24. The van der Waals surface area contributed by atoms with Gasteiger partial charge in [-0.05, 0) is 72.8 Å². The van der Waals surface area contributed by atoms with E-state index in [0.717, 1.165) is 17.1 Å². The smallest absolute Gasteiger partial charge is 0.149 e. The molecular weight excluding hydrogens is 589 g/mol. The summed E-state index contributed by atoms with van der Waals surface area (Å²) in [5.74, 6) is 1.95. The molecule has 1 aliphatic heterocycles.